The minimum atomic E-state index is 0.118. The molecule has 0 aliphatic rings. The molecule has 2 rings (SSSR count). The molecule has 0 aliphatic carbocycles. The number of nitrogens with one attached hydrogen (secondary N) is 1. The fraction of sp³-hybridized carbons (Fsp3) is 0.429. The van der Waals surface area contributed by atoms with E-state index in [1.165, 1.54) is 12.1 Å². The lowest BCUT2D eigenvalue weighted by Crippen LogP contribution is -2.16. The van der Waals surface area contributed by atoms with E-state index in [1.807, 2.05) is 0 Å². The predicted octanol–water partition coefficient (Wildman–Crippen LogP) is 3.03. The molecule has 0 amide bonds. The SMILES string of the molecule is CCCNCCCc1nnc(-c2cc(O)ccc2Cl)o1. The number of aryl methyl sites for hydroxylation is 1. The summed E-state index contributed by atoms with van der Waals surface area (Å²) in [6, 6.07) is 4.63. The second-order valence-corrected chi connectivity index (χ2v) is 4.93. The van der Waals surface area contributed by atoms with Crippen molar-refractivity contribution in [2.24, 2.45) is 0 Å². The van der Waals surface area contributed by atoms with Crippen LogP contribution in [0.1, 0.15) is 25.7 Å². The van der Waals surface area contributed by atoms with Crippen LogP contribution in [0.2, 0.25) is 5.02 Å². The molecule has 5 nitrogen and oxygen atoms in total. The highest BCUT2D eigenvalue weighted by molar-refractivity contribution is 6.33. The summed E-state index contributed by atoms with van der Waals surface area (Å²) < 4.78 is 5.57. The van der Waals surface area contributed by atoms with Gasteiger partial charge in [0.1, 0.15) is 5.75 Å². The average Bonchev–Trinajstić information content (AvgIpc) is 2.90. The molecule has 1 aromatic carbocycles. The first-order valence-electron chi connectivity index (χ1n) is 6.72. The monoisotopic (exact) mass is 295 g/mol. The first-order valence-corrected chi connectivity index (χ1v) is 7.10. The second-order valence-electron chi connectivity index (χ2n) is 4.52. The van der Waals surface area contributed by atoms with Gasteiger partial charge in [0.25, 0.3) is 0 Å². The van der Waals surface area contributed by atoms with Crippen molar-refractivity contribution in [3.8, 4) is 17.2 Å². The van der Waals surface area contributed by atoms with E-state index in [-0.39, 0.29) is 5.75 Å². The van der Waals surface area contributed by atoms with Crippen molar-refractivity contribution in [2.75, 3.05) is 13.1 Å². The van der Waals surface area contributed by atoms with Crippen molar-refractivity contribution in [1.82, 2.24) is 15.5 Å². The van der Waals surface area contributed by atoms with Gasteiger partial charge in [-0.15, -0.1) is 10.2 Å². The van der Waals surface area contributed by atoms with Crippen molar-refractivity contribution in [1.29, 1.82) is 0 Å². The van der Waals surface area contributed by atoms with Crippen LogP contribution in [-0.2, 0) is 6.42 Å². The van der Waals surface area contributed by atoms with Crippen LogP contribution >= 0.6 is 11.6 Å². The molecule has 2 N–H and O–H groups in total. The lowest BCUT2D eigenvalue weighted by Gasteiger charge is -2.00. The normalized spacial score (nSPS) is 10.9. The zero-order valence-electron chi connectivity index (χ0n) is 11.4. The van der Waals surface area contributed by atoms with Crippen molar-refractivity contribution in [2.45, 2.75) is 26.2 Å². The molecule has 6 heteroatoms. The van der Waals surface area contributed by atoms with Crippen LogP contribution in [0.3, 0.4) is 0 Å². The maximum Gasteiger partial charge on any atom is 0.249 e. The number of hydrogen-bond acceptors (Lipinski definition) is 5. The van der Waals surface area contributed by atoms with E-state index in [1.54, 1.807) is 6.07 Å². The number of halogens is 1. The van der Waals surface area contributed by atoms with E-state index < -0.39 is 0 Å². The van der Waals surface area contributed by atoms with Crippen LogP contribution in [0.15, 0.2) is 22.6 Å². The third-order valence-electron chi connectivity index (χ3n) is 2.82. The van der Waals surface area contributed by atoms with E-state index in [9.17, 15) is 5.11 Å². The molecule has 0 radical (unpaired) electrons. The van der Waals surface area contributed by atoms with Gasteiger partial charge >= 0.3 is 0 Å². The van der Waals surface area contributed by atoms with E-state index in [4.69, 9.17) is 16.0 Å². The van der Waals surface area contributed by atoms with Crippen LogP contribution in [0.5, 0.6) is 5.75 Å². The Morgan fingerprint density at radius 3 is 2.95 bits per heavy atom. The number of rotatable bonds is 7. The Hall–Kier alpha value is -1.59. The van der Waals surface area contributed by atoms with Crippen LogP contribution in [0.25, 0.3) is 11.5 Å². The zero-order valence-corrected chi connectivity index (χ0v) is 12.2. The molecule has 0 atom stereocenters. The Balaban J connectivity index is 1.96. The fourth-order valence-electron chi connectivity index (χ4n) is 1.81. The molecule has 1 aromatic heterocycles. The largest absolute Gasteiger partial charge is 0.508 e. The highest BCUT2D eigenvalue weighted by Crippen LogP contribution is 2.30. The summed E-state index contributed by atoms with van der Waals surface area (Å²) >= 11 is 6.05. The number of hydrogen-bond donors (Lipinski definition) is 2. The summed E-state index contributed by atoms with van der Waals surface area (Å²) in [5.74, 6) is 1.04. The Morgan fingerprint density at radius 2 is 2.15 bits per heavy atom. The van der Waals surface area contributed by atoms with Crippen LogP contribution in [0.4, 0.5) is 0 Å². The Kier molecular flexibility index (Phi) is 5.38. The van der Waals surface area contributed by atoms with Gasteiger partial charge in [0.2, 0.25) is 11.8 Å². The molecule has 0 saturated carbocycles. The van der Waals surface area contributed by atoms with E-state index in [2.05, 4.69) is 22.4 Å². The quantitative estimate of drug-likeness (QED) is 0.768. The lowest BCUT2D eigenvalue weighted by atomic mass is 10.2. The van der Waals surface area contributed by atoms with Crippen LogP contribution in [0, 0.1) is 0 Å². The molecule has 20 heavy (non-hydrogen) atoms. The molecule has 0 unspecified atom stereocenters. The number of benzene rings is 1. The van der Waals surface area contributed by atoms with Gasteiger partial charge in [-0.05, 0) is 44.1 Å². The topological polar surface area (TPSA) is 71.2 Å². The standard InChI is InChI=1S/C14H18ClN3O2/c1-2-7-16-8-3-4-13-17-18-14(20-13)11-9-10(19)5-6-12(11)15/h5-6,9,16,19H,2-4,7-8H2,1H3. The molecule has 1 heterocycles. The average molecular weight is 296 g/mol. The Labute approximate surface area is 123 Å². The van der Waals surface area contributed by atoms with Gasteiger partial charge in [0.15, 0.2) is 0 Å². The minimum absolute atomic E-state index is 0.118. The highest BCUT2D eigenvalue weighted by atomic mass is 35.5. The summed E-state index contributed by atoms with van der Waals surface area (Å²) in [6.07, 6.45) is 2.79. The summed E-state index contributed by atoms with van der Waals surface area (Å²) in [5.41, 5.74) is 0.550. The van der Waals surface area contributed by atoms with Gasteiger partial charge in [-0.3, -0.25) is 0 Å². The Morgan fingerprint density at radius 1 is 1.30 bits per heavy atom. The van der Waals surface area contributed by atoms with Crippen molar-refractivity contribution < 1.29 is 9.52 Å². The molecular formula is C14H18ClN3O2. The van der Waals surface area contributed by atoms with Crippen molar-refractivity contribution >= 4 is 11.6 Å². The lowest BCUT2D eigenvalue weighted by molar-refractivity contribution is 0.473. The smallest absolute Gasteiger partial charge is 0.249 e. The first-order chi connectivity index (χ1) is 9.70. The second kappa shape index (κ2) is 7.26. The summed E-state index contributed by atoms with van der Waals surface area (Å²) in [5, 5.41) is 21.2. The third-order valence-corrected chi connectivity index (χ3v) is 3.15. The van der Waals surface area contributed by atoms with Gasteiger partial charge < -0.3 is 14.8 Å². The molecule has 0 saturated heterocycles. The molecular weight excluding hydrogens is 278 g/mol. The highest BCUT2D eigenvalue weighted by Gasteiger charge is 2.12. The van der Waals surface area contributed by atoms with E-state index >= 15 is 0 Å². The van der Waals surface area contributed by atoms with Crippen LogP contribution < -0.4 is 5.32 Å². The molecule has 0 aliphatic heterocycles. The maximum atomic E-state index is 9.47. The van der Waals surface area contributed by atoms with Gasteiger partial charge in [-0.1, -0.05) is 18.5 Å². The summed E-state index contributed by atoms with van der Waals surface area (Å²) in [4.78, 5) is 0. The molecule has 108 valence electrons. The number of phenolic OH excluding ortho intramolecular Hbond substituents is 1. The van der Waals surface area contributed by atoms with Gasteiger partial charge in [0.05, 0.1) is 10.6 Å². The first kappa shape index (κ1) is 14.8. The van der Waals surface area contributed by atoms with Crippen molar-refractivity contribution in [3.63, 3.8) is 0 Å². The number of aromatic hydroxyl groups is 1. The number of phenols is 1. The Bertz CT molecular complexity index is 557. The van der Waals surface area contributed by atoms with Crippen LogP contribution in [-0.4, -0.2) is 28.4 Å². The van der Waals surface area contributed by atoms with E-state index in [0.717, 1.165) is 32.4 Å². The maximum absolute atomic E-state index is 9.47. The number of nitrogens with zero attached hydrogens (tertiary/aromatic N) is 2. The van der Waals surface area contributed by atoms with Gasteiger partial charge in [-0.25, -0.2) is 0 Å². The van der Waals surface area contributed by atoms with Gasteiger partial charge in [-0.2, -0.15) is 0 Å². The third kappa shape index (κ3) is 3.95. The molecule has 2 aromatic rings. The van der Waals surface area contributed by atoms with Crippen molar-refractivity contribution in [3.05, 3.63) is 29.1 Å². The zero-order chi connectivity index (χ0) is 14.4. The fourth-order valence-corrected chi connectivity index (χ4v) is 2.01. The summed E-state index contributed by atoms with van der Waals surface area (Å²) in [6.45, 7) is 4.09. The predicted molar refractivity (Wildman–Crippen MR) is 77.9 cm³/mol. The summed E-state index contributed by atoms with van der Waals surface area (Å²) in [7, 11) is 0. The molecule has 0 spiro atoms. The van der Waals surface area contributed by atoms with E-state index in [0.29, 0.717) is 22.4 Å². The molecule has 0 fully saturated rings. The number of aromatic nitrogens is 2. The molecule has 0 bridgehead atoms. The minimum Gasteiger partial charge on any atom is -0.508 e. The van der Waals surface area contributed by atoms with Gasteiger partial charge in [0, 0.05) is 6.42 Å².